The van der Waals surface area contributed by atoms with Gasteiger partial charge in [-0.3, -0.25) is 15.2 Å². The first-order valence-corrected chi connectivity index (χ1v) is 6.07. The number of hydrogen-bond donors (Lipinski definition) is 1. The number of carbonyl (C=O) groups is 1. The molecule has 0 radical (unpaired) electrons. The fourth-order valence-corrected chi connectivity index (χ4v) is 2.19. The molecule has 0 aromatic carbocycles. The highest BCUT2D eigenvalue weighted by atomic mass is 35.5. The van der Waals surface area contributed by atoms with Crippen LogP contribution in [0.2, 0.25) is 4.34 Å². The van der Waals surface area contributed by atoms with Gasteiger partial charge in [0.2, 0.25) is 0 Å². The standard InChI is InChI=1S/C11H10ClN3OS/c1-15(10-4-2-3-7-13-10)14-11(16)8-5-6-9(12)17-8/h2-7H,1H3,(H,14,16). The number of anilines is 1. The first kappa shape index (κ1) is 11.9. The van der Waals surface area contributed by atoms with Gasteiger partial charge in [0, 0.05) is 13.2 Å². The average molecular weight is 268 g/mol. The molecule has 0 unspecified atom stereocenters. The zero-order chi connectivity index (χ0) is 12.3. The summed E-state index contributed by atoms with van der Waals surface area (Å²) in [5, 5.41) is 1.57. The Morgan fingerprint density at radius 2 is 2.24 bits per heavy atom. The predicted molar refractivity (Wildman–Crippen MR) is 69.4 cm³/mol. The van der Waals surface area contributed by atoms with Gasteiger partial charge < -0.3 is 0 Å². The van der Waals surface area contributed by atoms with Crippen LogP contribution in [0.3, 0.4) is 0 Å². The highest BCUT2D eigenvalue weighted by Crippen LogP contribution is 2.21. The molecule has 0 fully saturated rings. The molecule has 4 nitrogen and oxygen atoms in total. The molecule has 6 heteroatoms. The second-order valence-electron chi connectivity index (χ2n) is 3.29. The van der Waals surface area contributed by atoms with Crippen LogP contribution in [0.15, 0.2) is 36.5 Å². The Hall–Kier alpha value is -1.59. The van der Waals surface area contributed by atoms with Crippen molar-refractivity contribution in [2.75, 3.05) is 12.1 Å². The summed E-state index contributed by atoms with van der Waals surface area (Å²) in [7, 11) is 1.73. The fraction of sp³-hybridized carbons (Fsp3) is 0.0909. The smallest absolute Gasteiger partial charge is 0.271 e. The third kappa shape index (κ3) is 2.95. The van der Waals surface area contributed by atoms with E-state index in [9.17, 15) is 4.79 Å². The maximum atomic E-state index is 11.8. The van der Waals surface area contributed by atoms with E-state index in [-0.39, 0.29) is 5.91 Å². The molecule has 1 amide bonds. The maximum absolute atomic E-state index is 11.8. The molecular formula is C11H10ClN3OS. The lowest BCUT2D eigenvalue weighted by Crippen LogP contribution is -2.39. The van der Waals surface area contributed by atoms with Crippen molar-refractivity contribution < 1.29 is 4.79 Å². The Balaban J connectivity index is 2.04. The van der Waals surface area contributed by atoms with Crippen molar-refractivity contribution in [3.8, 4) is 0 Å². The average Bonchev–Trinajstić information content (AvgIpc) is 2.77. The molecule has 0 aliphatic carbocycles. The molecule has 0 aliphatic rings. The lowest BCUT2D eigenvalue weighted by atomic mass is 10.4. The molecule has 88 valence electrons. The number of amides is 1. The molecule has 0 aliphatic heterocycles. The number of pyridine rings is 1. The van der Waals surface area contributed by atoms with Crippen LogP contribution >= 0.6 is 22.9 Å². The maximum Gasteiger partial charge on any atom is 0.279 e. The van der Waals surface area contributed by atoms with E-state index in [0.717, 1.165) is 0 Å². The normalized spacial score (nSPS) is 10.0. The topological polar surface area (TPSA) is 45.2 Å². The molecule has 2 aromatic heterocycles. The third-order valence-electron chi connectivity index (χ3n) is 2.06. The predicted octanol–water partition coefficient (Wildman–Crippen LogP) is 2.58. The number of nitrogens with one attached hydrogen (secondary N) is 1. The summed E-state index contributed by atoms with van der Waals surface area (Å²) < 4.78 is 0.593. The molecule has 2 heterocycles. The van der Waals surface area contributed by atoms with Gasteiger partial charge in [0.05, 0.1) is 9.21 Å². The Bertz CT molecular complexity index is 514. The number of halogens is 1. The minimum Gasteiger partial charge on any atom is -0.271 e. The van der Waals surface area contributed by atoms with E-state index in [0.29, 0.717) is 15.0 Å². The summed E-state index contributed by atoms with van der Waals surface area (Å²) in [4.78, 5) is 16.5. The van der Waals surface area contributed by atoms with E-state index in [2.05, 4.69) is 10.4 Å². The number of nitrogens with zero attached hydrogens (tertiary/aromatic N) is 2. The Morgan fingerprint density at radius 3 is 2.82 bits per heavy atom. The molecule has 0 saturated carbocycles. The number of rotatable bonds is 3. The lowest BCUT2D eigenvalue weighted by Gasteiger charge is -2.18. The van der Waals surface area contributed by atoms with Gasteiger partial charge in [-0.1, -0.05) is 17.7 Å². The lowest BCUT2D eigenvalue weighted by molar-refractivity contribution is 0.0955. The third-order valence-corrected chi connectivity index (χ3v) is 3.29. The van der Waals surface area contributed by atoms with Crippen LogP contribution in [0, 0.1) is 0 Å². The zero-order valence-corrected chi connectivity index (χ0v) is 10.6. The van der Waals surface area contributed by atoms with Crippen LogP contribution in [0.1, 0.15) is 9.67 Å². The molecule has 1 N–H and O–H groups in total. The van der Waals surface area contributed by atoms with Crippen LogP contribution in [0.4, 0.5) is 5.82 Å². The van der Waals surface area contributed by atoms with Gasteiger partial charge in [-0.2, -0.15) is 0 Å². The minimum absolute atomic E-state index is 0.199. The highest BCUT2D eigenvalue weighted by molar-refractivity contribution is 7.18. The van der Waals surface area contributed by atoms with E-state index >= 15 is 0 Å². The van der Waals surface area contributed by atoms with Gasteiger partial charge >= 0.3 is 0 Å². The van der Waals surface area contributed by atoms with Gasteiger partial charge in [-0.05, 0) is 24.3 Å². The van der Waals surface area contributed by atoms with Gasteiger partial charge in [0.1, 0.15) is 5.82 Å². The molecule has 0 bridgehead atoms. The van der Waals surface area contributed by atoms with E-state index in [4.69, 9.17) is 11.6 Å². The van der Waals surface area contributed by atoms with Crippen LogP contribution in [-0.4, -0.2) is 17.9 Å². The number of hydrazine groups is 1. The molecule has 0 saturated heterocycles. The molecule has 0 spiro atoms. The van der Waals surface area contributed by atoms with Crippen molar-refractivity contribution in [3.63, 3.8) is 0 Å². The summed E-state index contributed by atoms with van der Waals surface area (Å²) in [5.41, 5.74) is 2.71. The van der Waals surface area contributed by atoms with Crippen LogP contribution in [0.5, 0.6) is 0 Å². The van der Waals surface area contributed by atoms with Gasteiger partial charge in [-0.15, -0.1) is 11.3 Å². The minimum atomic E-state index is -0.199. The number of aromatic nitrogens is 1. The van der Waals surface area contributed by atoms with Crippen molar-refractivity contribution in [1.29, 1.82) is 0 Å². The second-order valence-corrected chi connectivity index (χ2v) is 5.01. The molecule has 2 aromatic rings. The van der Waals surface area contributed by atoms with E-state index < -0.39 is 0 Å². The van der Waals surface area contributed by atoms with Crippen molar-refractivity contribution in [2.24, 2.45) is 0 Å². The summed E-state index contributed by atoms with van der Waals surface area (Å²) >= 11 is 7.01. The van der Waals surface area contributed by atoms with Gasteiger partial charge in [0.15, 0.2) is 0 Å². The van der Waals surface area contributed by atoms with Crippen molar-refractivity contribution in [1.82, 2.24) is 10.4 Å². The van der Waals surface area contributed by atoms with Crippen LogP contribution in [-0.2, 0) is 0 Å². The Kier molecular flexibility index (Phi) is 3.61. The van der Waals surface area contributed by atoms with Gasteiger partial charge in [-0.25, -0.2) is 4.98 Å². The number of hydrogen-bond acceptors (Lipinski definition) is 4. The van der Waals surface area contributed by atoms with Crippen LogP contribution in [0.25, 0.3) is 0 Å². The monoisotopic (exact) mass is 267 g/mol. The largest absolute Gasteiger partial charge is 0.279 e. The second kappa shape index (κ2) is 5.16. The van der Waals surface area contributed by atoms with Crippen molar-refractivity contribution in [2.45, 2.75) is 0 Å². The molecule has 17 heavy (non-hydrogen) atoms. The zero-order valence-electron chi connectivity index (χ0n) is 9.05. The SMILES string of the molecule is CN(NC(=O)c1ccc(Cl)s1)c1ccccn1. The highest BCUT2D eigenvalue weighted by Gasteiger charge is 2.11. The number of thiophene rings is 1. The molecule has 0 atom stereocenters. The fourth-order valence-electron chi connectivity index (χ4n) is 1.25. The molecular weight excluding hydrogens is 258 g/mol. The van der Waals surface area contributed by atoms with E-state index in [1.807, 2.05) is 18.2 Å². The van der Waals surface area contributed by atoms with E-state index in [1.165, 1.54) is 11.3 Å². The van der Waals surface area contributed by atoms with Crippen molar-refractivity contribution in [3.05, 3.63) is 45.7 Å². The summed E-state index contributed by atoms with van der Waals surface area (Å²) in [6.07, 6.45) is 1.67. The first-order chi connectivity index (χ1) is 8.16. The Labute approximate surface area is 108 Å². The quantitative estimate of drug-likeness (QED) is 0.870. The summed E-state index contributed by atoms with van der Waals surface area (Å²) in [6, 6.07) is 8.86. The summed E-state index contributed by atoms with van der Waals surface area (Å²) in [5.74, 6) is 0.471. The first-order valence-electron chi connectivity index (χ1n) is 4.88. The van der Waals surface area contributed by atoms with Gasteiger partial charge in [0.25, 0.3) is 5.91 Å². The molecule has 2 rings (SSSR count). The summed E-state index contributed by atoms with van der Waals surface area (Å²) in [6.45, 7) is 0. The number of carbonyl (C=O) groups excluding carboxylic acids is 1. The van der Waals surface area contributed by atoms with Crippen molar-refractivity contribution >= 4 is 34.7 Å². The van der Waals surface area contributed by atoms with Crippen LogP contribution < -0.4 is 10.4 Å². The van der Waals surface area contributed by atoms with E-state index in [1.54, 1.807) is 30.4 Å². The Morgan fingerprint density at radius 1 is 1.41 bits per heavy atom.